The van der Waals surface area contributed by atoms with Gasteiger partial charge in [0.2, 0.25) is 0 Å². The van der Waals surface area contributed by atoms with Crippen molar-refractivity contribution in [2.24, 2.45) is 0 Å². The van der Waals surface area contributed by atoms with Gasteiger partial charge in [-0.25, -0.2) is 4.79 Å². The molecule has 0 aliphatic carbocycles. The van der Waals surface area contributed by atoms with Crippen molar-refractivity contribution in [3.05, 3.63) is 76.6 Å². The molecule has 0 unspecified atom stereocenters. The van der Waals surface area contributed by atoms with Crippen molar-refractivity contribution in [3.8, 4) is 5.69 Å². The number of esters is 1. The number of rotatable bonds is 5. The summed E-state index contributed by atoms with van der Waals surface area (Å²) in [4.78, 5) is 37.3. The lowest BCUT2D eigenvalue weighted by Gasteiger charge is -2.08. The van der Waals surface area contributed by atoms with Gasteiger partial charge in [0.15, 0.2) is 12.3 Å². The maximum atomic E-state index is 12.2. The lowest BCUT2D eigenvalue weighted by atomic mass is 10.2. The topological polar surface area (TPSA) is 115 Å². The van der Waals surface area contributed by atoms with Crippen molar-refractivity contribution in [3.63, 3.8) is 0 Å². The maximum absolute atomic E-state index is 12.2. The van der Waals surface area contributed by atoms with Gasteiger partial charge in [0.1, 0.15) is 0 Å². The number of carbonyl (C=O) groups is 3. The maximum Gasteiger partial charge on any atom is 0.361 e. The monoisotopic (exact) mass is 413 g/mol. The Morgan fingerprint density at radius 2 is 1.69 bits per heavy atom. The van der Waals surface area contributed by atoms with Crippen molar-refractivity contribution in [1.82, 2.24) is 25.8 Å². The van der Waals surface area contributed by atoms with Crippen LogP contribution in [0.4, 0.5) is 0 Å². The number of benzene rings is 2. The third-order valence-corrected chi connectivity index (χ3v) is 4.06. The normalized spacial score (nSPS) is 10.3. The third-order valence-electron chi connectivity index (χ3n) is 3.73. The van der Waals surface area contributed by atoms with Crippen LogP contribution in [-0.2, 0) is 9.53 Å². The molecular formula is C19H16ClN5O4. The van der Waals surface area contributed by atoms with E-state index in [1.807, 2.05) is 18.2 Å². The Labute approximate surface area is 170 Å². The summed E-state index contributed by atoms with van der Waals surface area (Å²) in [6, 6.07) is 15.4. The summed E-state index contributed by atoms with van der Waals surface area (Å²) in [5.41, 5.74) is 5.55. The third kappa shape index (κ3) is 4.96. The van der Waals surface area contributed by atoms with Crippen LogP contribution >= 0.6 is 11.6 Å². The second-order valence-electron chi connectivity index (χ2n) is 5.82. The molecule has 29 heavy (non-hydrogen) atoms. The Hall–Kier alpha value is -3.72. The molecule has 1 heterocycles. The van der Waals surface area contributed by atoms with Crippen LogP contribution in [0.3, 0.4) is 0 Å². The first kappa shape index (κ1) is 20.0. The molecule has 2 N–H and O–H groups in total. The number of hydrogen-bond donors (Lipinski definition) is 2. The van der Waals surface area contributed by atoms with E-state index in [2.05, 4.69) is 21.0 Å². The van der Waals surface area contributed by atoms with E-state index < -0.39 is 24.4 Å². The summed E-state index contributed by atoms with van der Waals surface area (Å²) in [5.74, 6) is -2.14. The van der Waals surface area contributed by atoms with Crippen LogP contribution in [0.25, 0.3) is 5.69 Å². The average molecular weight is 414 g/mol. The summed E-state index contributed by atoms with van der Waals surface area (Å²) in [6.07, 6.45) is 0. The zero-order chi connectivity index (χ0) is 20.8. The molecule has 0 saturated heterocycles. The largest absolute Gasteiger partial charge is 0.451 e. The number of nitrogens with zero attached hydrogens (tertiary/aromatic N) is 3. The van der Waals surface area contributed by atoms with Gasteiger partial charge in [-0.15, -0.1) is 5.10 Å². The molecule has 0 fully saturated rings. The number of aromatic nitrogens is 3. The Bertz CT molecular complexity index is 1050. The summed E-state index contributed by atoms with van der Waals surface area (Å²) < 4.78 is 4.94. The molecule has 9 nitrogen and oxygen atoms in total. The molecular weight excluding hydrogens is 398 g/mol. The quantitative estimate of drug-likeness (QED) is 0.487. The first-order valence-corrected chi connectivity index (χ1v) is 8.83. The first-order chi connectivity index (χ1) is 14.0. The van der Waals surface area contributed by atoms with E-state index in [1.54, 1.807) is 37.3 Å². The van der Waals surface area contributed by atoms with Crippen molar-refractivity contribution in [2.45, 2.75) is 6.92 Å². The Morgan fingerprint density at radius 3 is 2.41 bits per heavy atom. The number of halogens is 1. The number of para-hydroxylation sites is 1. The minimum Gasteiger partial charge on any atom is -0.451 e. The summed E-state index contributed by atoms with van der Waals surface area (Å²) in [7, 11) is 0. The predicted octanol–water partition coefficient (Wildman–Crippen LogP) is 1.85. The van der Waals surface area contributed by atoms with E-state index >= 15 is 0 Å². The number of hydrazine groups is 1. The number of amides is 2. The molecule has 2 aromatic carbocycles. The molecule has 1 aromatic heterocycles. The van der Waals surface area contributed by atoms with Gasteiger partial charge < -0.3 is 4.74 Å². The smallest absolute Gasteiger partial charge is 0.361 e. The van der Waals surface area contributed by atoms with Crippen LogP contribution < -0.4 is 10.9 Å². The van der Waals surface area contributed by atoms with Crippen LogP contribution in [0.15, 0.2) is 54.6 Å². The van der Waals surface area contributed by atoms with Gasteiger partial charge in [-0.3, -0.25) is 20.4 Å². The van der Waals surface area contributed by atoms with Crippen molar-refractivity contribution >= 4 is 29.4 Å². The van der Waals surface area contributed by atoms with Gasteiger partial charge >= 0.3 is 5.97 Å². The molecule has 3 rings (SSSR count). The summed E-state index contributed by atoms with van der Waals surface area (Å²) in [6.45, 7) is 0.992. The molecule has 10 heteroatoms. The highest BCUT2D eigenvalue weighted by Gasteiger charge is 2.19. The Balaban J connectivity index is 1.53. The predicted molar refractivity (Wildman–Crippen MR) is 103 cm³/mol. The minimum atomic E-state index is -0.808. The highest BCUT2D eigenvalue weighted by atomic mass is 35.5. The fraction of sp³-hybridized carbons (Fsp3) is 0.105. The Kier molecular flexibility index (Phi) is 6.20. The highest BCUT2D eigenvalue weighted by molar-refractivity contribution is 6.33. The van der Waals surface area contributed by atoms with Crippen LogP contribution in [0.1, 0.15) is 26.5 Å². The standard InChI is InChI=1S/C19H16ClN5O4/c1-12-17(24-25(23-12)13-7-3-2-4-8-13)19(28)29-11-16(26)21-22-18(27)14-9-5-6-10-15(14)20/h2-10H,11H2,1H3,(H,21,26)(H,22,27). The van der Waals surface area contributed by atoms with Gasteiger partial charge in [-0.05, 0) is 31.2 Å². The van der Waals surface area contributed by atoms with Gasteiger partial charge in [-0.1, -0.05) is 41.9 Å². The second-order valence-corrected chi connectivity index (χ2v) is 6.22. The number of ether oxygens (including phenoxy) is 1. The van der Waals surface area contributed by atoms with Gasteiger partial charge in [0.05, 0.1) is 22.0 Å². The van der Waals surface area contributed by atoms with Crippen LogP contribution in [0.2, 0.25) is 5.02 Å². The van der Waals surface area contributed by atoms with E-state index in [4.69, 9.17) is 16.3 Å². The summed E-state index contributed by atoms with van der Waals surface area (Å²) >= 11 is 5.91. The van der Waals surface area contributed by atoms with Crippen molar-refractivity contribution < 1.29 is 19.1 Å². The van der Waals surface area contributed by atoms with Crippen molar-refractivity contribution in [1.29, 1.82) is 0 Å². The zero-order valence-electron chi connectivity index (χ0n) is 15.3. The number of aryl methyl sites for hydroxylation is 1. The Morgan fingerprint density at radius 1 is 1.00 bits per heavy atom. The molecule has 0 bridgehead atoms. The number of hydrogen-bond acceptors (Lipinski definition) is 6. The molecule has 0 radical (unpaired) electrons. The second kappa shape index (κ2) is 8.98. The van der Waals surface area contributed by atoms with Crippen LogP contribution in [0.5, 0.6) is 0 Å². The molecule has 3 aromatic rings. The number of nitrogens with one attached hydrogen (secondary N) is 2. The van der Waals surface area contributed by atoms with Gasteiger partial charge in [-0.2, -0.15) is 9.90 Å². The van der Waals surface area contributed by atoms with Gasteiger partial charge in [0, 0.05) is 0 Å². The van der Waals surface area contributed by atoms with Gasteiger partial charge in [0.25, 0.3) is 11.8 Å². The SMILES string of the molecule is Cc1nn(-c2ccccc2)nc1C(=O)OCC(=O)NNC(=O)c1ccccc1Cl. The van der Waals surface area contributed by atoms with E-state index in [0.717, 1.165) is 0 Å². The molecule has 0 aliphatic rings. The van der Waals surface area contributed by atoms with E-state index in [9.17, 15) is 14.4 Å². The molecule has 0 atom stereocenters. The molecule has 0 saturated carbocycles. The lowest BCUT2D eigenvalue weighted by Crippen LogP contribution is -2.43. The van der Waals surface area contributed by atoms with Crippen molar-refractivity contribution in [2.75, 3.05) is 6.61 Å². The van der Waals surface area contributed by atoms with E-state index in [1.165, 1.54) is 10.9 Å². The van der Waals surface area contributed by atoms with E-state index in [-0.39, 0.29) is 16.3 Å². The van der Waals surface area contributed by atoms with Crippen LogP contribution in [-0.4, -0.2) is 39.4 Å². The van der Waals surface area contributed by atoms with Crippen LogP contribution in [0, 0.1) is 6.92 Å². The lowest BCUT2D eigenvalue weighted by molar-refractivity contribution is -0.125. The molecule has 2 amide bonds. The zero-order valence-corrected chi connectivity index (χ0v) is 16.0. The fourth-order valence-corrected chi connectivity index (χ4v) is 2.54. The first-order valence-electron chi connectivity index (χ1n) is 8.46. The minimum absolute atomic E-state index is 0.0123. The fourth-order valence-electron chi connectivity index (χ4n) is 2.32. The molecule has 0 aliphatic heterocycles. The summed E-state index contributed by atoms with van der Waals surface area (Å²) in [5, 5.41) is 8.50. The number of carbonyl (C=O) groups excluding carboxylic acids is 3. The average Bonchev–Trinajstić information content (AvgIpc) is 3.13. The molecule has 148 valence electrons. The van der Waals surface area contributed by atoms with E-state index in [0.29, 0.717) is 11.4 Å². The molecule has 0 spiro atoms. The highest BCUT2D eigenvalue weighted by Crippen LogP contribution is 2.14.